The summed E-state index contributed by atoms with van der Waals surface area (Å²) in [4.78, 5) is 11.9. The molecule has 106 valence electrons. The van der Waals surface area contributed by atoms with Crippen LogP contribution in [-0.4, -0.2) is 25.5 Å². The highest BCUT2D eigenvalue weighted by molar-refractivity contribution is 5.91. The standard InChI is InChI=1S/C14H19N5O/c1-10(13-8-16-19(4)11(13)2)17-14(20)6-5-12-7-15-18(3)9-12/h5-10H,1-4H3,(H,17,20)/b6-5+. The molecule has 1 atom stereocenters. The number of carbonyl (C=O) groups is 1. The Morgan fingerprint density at radius 2 is 2.10 bits per heavy atom. The molecule has 0 fully saturated rings. The van der Waals surface area contributed by atoms with Gasteiger partial charge in [0, 0.05) is 43.2 Å². The summed E-state index contributed by atoms with van der Waals surface area (Å²) in [5, 5.41) is 11.1. The summed E-state index contributed by atoms with van der Waals surface area (Å²) in [6.45, 7) is 3.93. The van der Waals surface area contributed by atoms with Gasteiger partial charge in [-0.15, -0.1) is 0 Å². The van der Waals surface area contributed by atoms with Crippen LogP contribution in [0.3, 0.4) is 0 Å². The molecule has 0 aliphatic heterocycles. The Balaban J connectivity index is 1.97. The summed E-state index contributed by atoms with van der Waals surface area (Å²) in [6.07, 6.45) is 8.59. The van der Waals surface area contributed by atoms with Crippen LogP contribution in [0.5, 0.6) is 0 Å². The van der Waals surface area contributed by atoms with E-state index in [1.54, 1.807) is 27.8 Å². The average molecular weight is 273 g/mol. The minimum absolute atomic E-state index is 0.0743. The molecule has 0 spiro atoms. The van der Waals surface area contributed by atoms with E-state index in [0.717, 1.165) is 16.8 Å². The van der Waals surface area contributed by atoms with E-state index in [9.17, 15) is 4.79 Å². The molecule has 2 aromatic heterocycles. The molecule has 0 saturated heterocycles. The van der Waals surface area contributed by atoms with Gasteiger partial charge in [0.05, 0.1) is 18.4 Å². The summed E-state index contributed by atoms with van der Waals surface area (Å²) in [6, 6.07) is -0.0743. The maximum atomic E-state index is 11.9. The van der Waals surface area contributed by atoms with Crippen molar-refractivity contribution in [3.8, 4) is 0 Å². The van der Waals surface area contributed by atoms with Crippen molar-refractivity contribution in [3.05, 3.63) is 41.5 Å². The maximum absolute atomic E-state index is 11.9. The van der Waals surface area contributed by atoms with Crippen LogP contribution in [0.4, 0.5) is 0 Å². The first kappa shape index (κ1) is 14.0. The van der Waals surface area contributed by atoms with E-state index in [4.69, 9.17) is 0 Å². The van der Waals surface area contributed by atoms with Gasteiger partial charge < -0.3 is 5.32 Å². The Morgan fingerprint density at radius 1 is 1.35 bits per heavy atom. The number of nitrogens with zero attached hydrogens (tertiary/aromatic N) is 4. The van der Waals surface area contributed by atoms with E-state index in [-0.39, 0.29) is 11.9 Å². The second kappa shape index (κ2) is 5.73. The van der Waals surface area contributed by atoms with Crippen molar-refractivity contribution in [1.82, 2.24) is 24.9 Å². The normalized spacial score (nSPS) is 12.8. The number of amides is 1. The van der Waals surface area contributed by atoms with E-state index in [0.29, 0.717) is 0 Å². The van der Waals surface area contributed by atoms with Gasteiger partial charge in [0.25, 0.3) is 0 Å². The molecule has 0 saturated carbocycles. The number of rotatable bonds is 4. The summed E-state index contributed by atoms with van der Waals surface area (Å²) >= 11 is 0. The topological polar surface area (TPSA) is 64.7 Å². The van der Waals surface area contributed by atoms with E-state index in [1.165, 1.54) is 6.08 Å². The van der Waals surface area contributed by atoms with E-state index < -0.39 is 0 Å². The molecule has 20 heavy (non-hydrogen) atoms. The highest BCUT2D eigenvalue weighted by atomic mass is 16.1. The van der Waals surface area contributed by atoms with E-state index in [1.807, 2.05) is 34.1 Å². The highest BCUT2D eigenvalue weighted by Crippen LogP contribution is 2.15. The largest absolute Gasteiger partial charge is 0.346 e. The van der Waals surface area contributed by atoms with Gasteiger partial charge in [-0.2, -0.15) is 10.2 Å². The van der Waals surface area contributed by atoms with Gasteiger partial charge in [0.15, 0.2) is 0 Å². The average Bonchev–Trinajstić information content (AvgIpc) is 2.95. The third-order valence-electron chi connectivity index (χ3n) is 3.25. The Hall–Kier alpha value is -2.37. The van der Waals surface area contributed by atoms with Crippen LogP contribution in [0.25, 0.3) is 6.08 Å². The smallest absolute Gasteiger partial charge is 0.244 e. The van der Waals surface area contributed by atoms with Crippen molar-refractivity contribution in [3.63, 3.8) is 0 Å². The summed E-state index contributed by atoms with van der Waals surface area (Å²) in [5.41, 5.74) is 2.97. The number of hydrogen-bond donors (Lipinski definition) is 1. The molecule has 2 heterocycles. The van der Waals surface area contributed by atoms with Crippen molar-refractivity contribution in [2.45, 2.75) is 19.9 Å². The van der Waals surface area contributed by atoms with Crippen LogP contribution in [-0.2, 0) is 18.9 Å². The predicted molar refractivity (Wildman–Crippen MR) is 76.7 cm³/mol. The van der Waals surface area contributed by atoms with E-state index >= 15 is 0 Å². The lowest BCUT2D eigenvalue weighted by Gasteiger charge is -2.11. The minimum atomic E-state index is -0.135. The van der Waals surface area contributed by atoms with Gasteiger partial charge in [-0.1, -0.05) is 0 Å². The number of aromatic nitrogens is 4. The molecule has 1 amide bonds. The van der Waals surface area contributed by atoms with Gasteiger partial charge in [0.1, 0.15) is 0 Å². The third kappa shape index (κ3) is 3.14. The second-order valence-corrected chi connectivity index (χ2v) is 4.82. The van der Waals surface area contributed by atoms with Gasteiger partial charge in [-0.3, -0.25) is 14.2 Å². The molecule has 0 bridgehead atoms. The highest BCUT2D eigenvalue weighted by Gasteiger charge is 2.13. The van der Waals surface area contributed by atoms with Crippen LogP contribution in [0.2, 0.25) is 0 Å². The summed E-state index contributed by atoms with van der Waals surface area (Å²) in [5.74, 6) is -0.135. The molecule has 2 aromatic rings. The molecular weight excluding hydrogens is 254 g/mol. The SMILES string of the molecule is Cc1c(C(C)NC(=O)/C=C/c2cnn(C)c2)cnn1C. The van der Waals surface area contributed by atoms with Crippen molar-refractivity contribution < 1.29 is 4.79 Å². The lowest BCUT2D eigenvalue weighted by Crippen LogP contribution is -2.24. The molecular formula is C14H19N5O. The van der Waals surface area contributed by atoms with E-state index in [2.05, 4.69) is 15.5 Å². The van der Waals surface area contributed by atoms with Crippen LogP contribution in [0.15, 0.2) is 24.7 Å². The van der Waals surface area contributed by atoms with Crippen LogP contribution >= 0.6 is 0 Å². The van der Waals surface area contributed by atoms with Crippen LogP contribution in [0.1, 0.15) is 29.8 Å². The van der Waals surface area contributed by atoms with Crippen LogP contribution in [0, 0.1) is 6.92 Å². The summed E-state index contributed by atoms with van der Waals surface area (Å²) < 4.78 is 3.49. The minimum Gasteiger partial charge on any atom is -0.346 e. The first-order valence-corrected chi connectivity index (χ1v) is 6.43. The fraction of sp³-hybridized carbons (Fsp3) is 0.357. The fourth-order valence-electron chi connectivity index (χ4n) is 1.98. The van der Waals surface area contributed by atoms with Gasteiger partial charge in [-0.25, -0.2) is 0 Å². The Labute approximate surface area is 118 Å². The molecule has 6 nitrogen and oxygen atoms in total. The molecule has 1 unspecified atom stereocenters. The van der Waals surface area contributed by atoms with Crippen molar-refractivity contribution in [2.24, 2.45) is 14.1 Å². The lowest BCUT2D eigenvalue weighted by atomic mass is 10.1. The maximum Gasteiger partial charge on any atom is 0.244 e. The Morgan fingerprint density at radius 3 is 2.65 bits per heavy atom. The number of aryl methyl sites for hydroxylation is 2. The number of carbonyl (C=O) groups excluding carboxylic acids is 1. The lowest BCUT2D eigenvalue weighted by molar-refractivity contribution is -0.117. The second-order valence-electron chi connectivity index (χ2n) is 4.82. The van der Waals surface area contributed by atoms with Crippen molar-refractivity contribution in [2.75, 3.05) is 0 Å². The summed E-state index contributed by atoms with van der Waals surface area (Å²) in [7, 11) is 3.72. The molecule has 2 rings (SSSR count). The Bertz CT molecular complexity index is 638. The first-order valence-electron chi connectivity index (χ1n) is 6.43. The fourth-order valence-corrected chi connectivity index (χ4v) is 1.98. The zero-order chi connectivity index (χ0) is 14.7. The van der Waals surface area contributed by atoms with Crippen LogP contribution < -0.4 is 5.32 Å². The first-order chi connectivity index (χ1) is 9.47. The number of hydrogen-bond acceptors (Lipinski definition) is 3. The third-order valence-corrected chi connectivity index (χ3v) is 3.25. The molecule has 0 aliphatic carbocycles. The Kier molecular flexibility index (Phi) is 4.02. The van der Waals surface area contributed by atoms with Crippen molar-refractivity contribution in [1.29, 1.82) is 0 Å². The zero-order valence-corrected chi connectivity index (χ0v) is 12.2. The molecule has 0 aromatic carbocycles. The monoisotopic (exact) mass is 273 g/mol. The van der Waals surface area contributed by atoms with Gasteiger partial charge in [0.2, 0.25) is 5.91 Å². The molecule has 6 heteroatoms. The predicted octanol–water partition coefficient (Wildman–Crippen LogP) is 1.35. The molecule has 0 aliphatic rings. The van der Waals surface area contributed by atoms with Gasteiger partial charge >= 0.3 is 0 Å². The molecule has 0 radical (unpaired) electrons. The van der Waals surface area contributed by atoms with Crippen molar-refractivity contribution >= 4 is 12.0 Å². The number of nitrogens with one attached hydrogen (secondary N) is 1. The quantitative estimate of drug-likeness (QED) is 0.855. The molecule has 1 N–H and O–H groups in total. The van der Waals surface area contributed by atoms with Gasteiger partial charge in [-0.05, 0) is 19.9 Å². The zero-order valence-electron chi connectivity index (χ0n) is 12.2.